The van der Waals surface area contributed by atoms with Gasteiger partial charge in [0.2, 0.25) is 0 Å². The number of furan rings is 1. The number of rotatable bonds is 7. The number of nitrogens with zero attached hydrogens (tertiary/aromatic N) is 4. The van der Waals surface area contributed by atoms with Crippen molar-refractivity contribution in [3.63, 3.8) is 0 Å². The van der Waals surface area contributed by atoms with Crippen molar-refractivity contribution in [3.8, 4) is 0 Å². The Kier molecular flexibility index (Phi) is 8.99. The molecule has 2 unspecified atom stereocenters. The Bertz CT molecular complexity index is 895. The van der Waals surface area contributed by atoms with E-state index in [1.807, 2.05) is 24.7 Å². The van der Waals surface area contributed by atoms with Crippen molar-refractivity contribution in [1.29, 1.82) is 0 Å². The Balaban J connectivity index is 0.00000272. The Morgan fingerprint density at radius 1 is 1.19 bits per heavy atom. The zero-order valence-electron chi connectivity index (χ0n) is 18.1. The minimum Gasteiger partial charge on any atom is -0.469 e. The van der Waals surface area contributed by atoms with Gasteiger partial charge in [-0.3, -0.25) is 4.99 Å². The number of imidazole rings is 1. The number of benzene rings is 1. The largest absolute Gasteiger partial charge is 0.469 e. The molecule has 6 nitrogen and oxygen atoms in total. The molecule has 0 aliphatic carbocycles. The van der Waals surface area contributed by atoms with Crippen LogP contribution < -0.4 is 5.32 Å². The fourth-order valence-electron chi connectivity index (χ4n) is 4.05. The Morgan fingerprint density at radius 2 is 2.06 bits per heavy atom. The molecule has 1 saturated heterocycles. The van der Waals surface area contributed by atoms with Gasteiger partial charge in [-0.2, -0.15) is 0 Å². The summed E-state index contributed by atoms with van der Waals surface area (Å²) >= 11 is 0. The number of guanidine groups is 1. The average Bonchev–Trinajstić information content (AvgIpc) is 3.48. The molecule has 1 aliphatic heterocycles. The minimum absolute atomic E-state index is 0. The molecule has 4 rings (SSSR count). The second kappa shape index (κ2) is 11.9. The average molecular weight is 533 g/mol. The summed E-state index contributed by atoms with van der Waals surface area (Å²) in [7, 11) is 0. The van der Waals surface area contributed by atoms with Gasteiger partial charge in [-0.25, -0.2) is 4.98 Å². The third-order valence-electron chi connectivity index (χ3n) is 5.87. The van der Waals surface area contributed by atoms with E-state index in [-0.39, 0.29) is 24.0 Å². The highest BCUT2D eigenvalue weighted by molar-refractivity contribution is 14.0. The van der Waals surface area contributed by atoms with Gasteiger partial charge in [0.05, 0.1) is 18.6 Å². The van der Waals surface area contributed by atoms with Crippen LogP contribution in [-0.4, -0.2) is 46.6 Å². The number of nitrogens with one attached hydrogen (secondary N) is 1. The van der Waals surface area contributed by atoms with Gasteiger partial charge in [-0.1, -0.05) is 37.3 Å². The fraction of sp³-hybridized carbons (Fsp3) is 0.417. The molecule has 1 N–H and O–H groups in total. The van der Waals surface area contributed by atoms with Gasteiger partial charge >= 0.3 is 0 Å². The van der Waals surface area contributed by atoms with E-state index in [9.17, 15) is 0 Å². The number of hydrogen-bond acceptors (Lipinski definition) is 3. The van der Waals surface area contributed by atoms with E-state index in [0.717, 1.165) is 50.6 Å². The minimum atomic E-state index is 0. The molecule has 0 bridgehead atoms. The third kappa shape index (κ3) is 6.59. The number of piperidine rings is 1. The summed E-state index contributed by atoms with van der Waals surface area (Å²) in [4.78, 5) is 11.6. The summed E-state index contributed by atoms with van der Waals surface area (Å²) in [6.45, 7) is 5.87. The van der Waals surface area contributed by atoms with E-state index in [1.54, 1.807) is 6.26 Å². The van der Waals surface area contributed by atoms with Crippen LogP contribution in [-0.2, 0) is 12.8 Å². The fourth-order valence-corrected chi connectivity index (χ4v) is 4.05. The highest BCUT2D eigenvalue weighted by atomic mass is 127. The number of aromatic nitrogens is 2. The predicted octanol–water partition coefficient (Wildman–Crippen LogP) is 4.41. The Morgan fingerprint density at radius 3 is 2.81 bits per heavy atom. The maximum Gasteiger partial charge on any atom is 0.194 e. The summed E-state index contributed by atoms with van der Waals surface area (Å²) in [6.07, 6.45) is 10.5. The molecule has 1 aliphatic rings. The first-order chi connectivity index (χ1) is 14.8. The standard InChI is InChI=1S/C24H31N5O.HI/c1-20-11-15-28(18-23(20)29-16-14-25-19-29)24(27-13-10-22-8-5-17-30-22)26-12-9-21-6-3-2-4-7-21;/h2-8,14,16-17,19-20,23H,9-13,15,18H2,1H3,(H,26,27);1H. The molecule has 3 aromatic rings. The number of halogens is 1. The molecule has 166 valence electrons. The quantitative estimate of drug-likeness (QED) is 0.278. The van der Waals surface area contributed by atoms with E-state index in [1.165, 1.54) is 5.56 Å². The molecule has 0 radical (unpaired) electrons. The van der Waals surface area contributed by atoms with E-state index >= 15 is 0 Å². The Labute approximate surface area is 201 Å². The summed E-state index contributed by atoms with van der Waals surface area (Å²) < 4.78 is 7.70. The van der Waals surface area contributed by atoms with Crippen LogP contribution >= 0.6 is 24.0 Å². The van der Waals surface area contributed by atoms with Gasteiger partial charge in [-0.05, 0) is 36.5 Å². The highest BCUT2D eigenvalue weighted by Crippen LogP contribution is 2.27. The number of likely N-dealkylation sites (tertiary alicyclic amines) is 1. The molecule has 31 heavy (non-hydrogen) atoms. The van der Waals surface area contributed by atoms with E-state index in [4.69, 9.17) is 9.41 Å². The van der Waals surface area contributed by atoms with Crippen molar-refractivity contribution in [2.24, 2.45) is 10.9 Å². The molecule has 7 heteroatoms. The molecular weight excluding hydrogens is 501 g/mol. The van der Waals surface area contributed by atoms with Gasteiger partial charge in [-0.15, -0.1) is 24.0 Å². The molecular formula is C24H32IN5O. The lowest BCUT2D eigenvalue weighted by atomic mass is 9.93. The molecule has 0 amide bonds. The number of hydrogen-bond donors (Lipinski definition) is 1. The van der Waals surface area contributed by atoms with Crippen molar-refractivity contribution >= 4 is 29.9 Å². The molecule has 0 spiro atoms. The SMILES string of the molecule is CC1CCN(C(=NCCc2ccco2)NCCc2ccccc2)CC1n1ccnc1.I. The summed E-state index contributed by atoms with van der Waals surface area (Å²) in [5.74, 6) is 2.59. The van der Waals surface area contributed by atoms with Crippen LogP contribution in [0.4, 0.5) is 0 Å². The Hall–Kier alpha value is -2.29. The lowest BCUT2D eigenvalue weighted by Gasteiger charge is -2.39. The lowest BCUT2D eigenvalue weighted by molar-refractivity contribution is 0.189. The molecule has 0 saturated carbocycles. The van der Waals surface area contributed by atoms with E-state index in [2.05, 4.69) is 63.2 Å². The second-order valence-electron chi connectivity index (χ2n) is 7.99. The van der Waals surface area contributed by atoms with Crippen molar-refractivity contribution in [1.82, 2.24) is 19.8 Å². The first kappa shape index (κ1) is 23.4. The van der Waals surface area contributed by atoms with Gasteiger partial charge in [0.15, 0.2) is 5.96 Å². The van der Waals surface area contributed by atoms with Crippen LogP contribution in [0.25, 0.3) is 0 Å². The topological polar surface area (TPSA) is 58.6 Å². The first-order valence-electron chi connectivity index (χ1n) is 10.9. The second-order valence-corrected chi connectivity index (χ2v) is 7.99. The maximum absolute atomic E-state index is 5.47. The molecule has 1 fully saturated rings. The third-order valence-corrected chi connectivity index (χ3v) is 5.87. The van der Waals surface area contributed by atoms with E-state index < -0.39 is 0 Å². The predicted molar refractivity (Wildman–Crippen MR) is 135 cm³/mol. The van der Waals surface area contributed by atoms with Crippen LogP contribution in [0.3, 0.4) is 0 Å². The first-order valence-corrected chi connectivity index (χ1v) is 10.9. The molecule has 2 aromatic heterocycles. The summed E-state index contributed by atoms with van der Waals surface area (Å²) in [5, 5.41) is 3.62. The van der Waals surface area contributed by atoms with Gasteiger partial charge in [0, 0.05) is 45.0 Å². The van der Waals surface area contributed by atoms with Crippen molar-refractivity contribution < 1.29 is 4.42 Å². The zero-order chi connectivity index (χ0) is 20.6. The van der Waals surface area contributed by atoms with Crippen LogP contribution in [0.1, 0.15) is 30.7 Å². The van der Waals surface area contributed by atoms with Crippen LogP contribution in [0.15, 0.2) is 76.9 Å². The van der Waals surface area contributed by atoms with Crippen LogP contribution in [0.2, 0.25) is 0 Å². The number of aliphatic imine (C=N–C) groups is 1. The zero-order valence-corrected chi connectivity index (χ0v) is 20.4. The van der Waals surface area contributed by atoms with Gasteiger partial charge in [0.25, 0.3) is 0 Å². The maximum atomic E-state index is 5.47. The van der Waals surface area contributed by atoms with Crippen molar-refractivity contribution in [2.75, 3.05) is 26.2 Å². The van der Waals surface area contributed by atoms with E-state index in [0.29, 0.717) is 18.5 Å². The highest BCUT2D eigenvalue weighted by Gasteiger charge is 2.28. The molecule has 1 aromatic carbocycles. The molecule has 2 atom stereocenters. The summed E-state index contributed by atoms with van der Waals surface area (Å²) in [5.41, 5.74) is 1.34. The lowest BCUT2D eigenvalue weighted by Crippen LogP contribution is -2.49. The molecule has 3 heterocycles. The van der Waals surface area contributed by atoms with Crippen molar-refractivity contribution in [3.05, 3.63) is 78.8 Å². The van der Waals surface area contributed by atoms with Crippen LogP contribution in [0.5, 0.6) is 0 Å². The monoisotopic (exact) mass is 533 g/mol. The van der Waals surface area contributed by atoms with Crippen LogP contribution in [0, 0.1) is 5.92 Å². The van der Waals surface area contributed by atoms with Crippen molar-refractivity contribution in [2.45, 2.75) is 32.2 Å². The normalized spacial score (nSPS) is 19.1. The van der Waals surface area contributed by atoms with Gasteiger partial charge in [0.1, 0.15) is 5.76 Å². The van der Waals surface area contributed by atoms with Gasteiger partial charge < -0.3 is 19.2 Å². The summed E-state index contributed by atoms with van der Waals surface area (Å²) in [6, 6.07) is 14.9. The smallest absolute Gasteiger partial charge is 0.194 e.